The molecule has 1 aliphatic carbocycles. The van der Waals surface area contributed by atoms with Gasteiger partial charge in [-0.15, -0.1) is 0 Å². The molecule has 0 aromatic rings. The van der Waals surface area contributed by atoms with Crippen LogP contribution in [0.1, 0.15) is 0 Å². The summed E-state index contributed by atoms with van der Waals surface area (Å²) in [5, 5.41) is 3.01. The van der Waals surface area contributed by atoms with Gasteiger partial charge in [0.1, 0.15) is 0 Å². The minimum atomic E-state index is 0.478. The van der Waals surface area contributed by atoms with Gasteiger partial charge in [-0.2, -0.15) is 0 Å². The molecule has 2 nitrogen and oxygen atoms in total. The summed E-state index contributed by atoms with van der Waals surface area (Å²) >= 11 is 0. The molecule has 56 valence electrons. The quantitative estimate of drug-likeness (QED) is 0.546. The molecule has 0 spiro atoms. The topological polar surface area (TPSA) is 24.4 Å². The molecule has 1 aliphatic heterocycles. The lowest BCUT2D eigenvalue weighted by Crippen LogP contribution is -2.05. The summed E-state index contributed by atoms with van der Waals surface area (Å²) in [5.41, 5.74) is 1.31. The third kappa shape index (κ3) is 1.24. The summed E-state index contributed by atoms with van der Waals surface area (Å²) in [6.45, 7) is 0.861. The maximum Gasteiger partial charge on any atom is 0.0863 e. The van der Waals surface area contributed by atoms with Crippen molar-refractivity contribution in [3.63, 3.8) is 0 Å². The summed E-state index contributed by atoms with van der Waals surface area (Å²) in [6.07, 6.45) is 12.2. The first-order valence-electron chi connectivity index (χ1n) is 3.76. The smallest absolute Gasteiger partial charge is 0.0863 e. The number of allylic oxidation sites excluding steroid dienone is 3. The number of fused-ring (bicyclic) bond motifs is 1. The van der Waals surface area contributed by atoms with Crippen LogP contribution in [-0.4, -0.2) is 12.9 Å². The fourth-order valence-electron chi connectivity index (χ4n) is 1.27. The van der Waals surface area contributed by atoms with Gasteiger partial charge in [0, 0.05) is 12.1 Å². The van der Waals surface area contributed by atoms with Crippen molar-refractivity contribution in [3.8, 4) is 0 Å². The van der Waals surface area contributed by atoms with Gasteiger partial charge in [-0.25, -0.2) is 0 Å². The maximum absolute atomic E-state index is 4.18. The van der Waals surface area contributed by atoms with Gasteiger partial charge in [0.15, 0.2) is 0 Å². The molecule has 0 radical (unpaired) electrons. The fourth-order valence-corrected chi connectivity index (χ4v) is 1.27. The molecule has 2 aliphatic rings. The molecule has 11 heavy (non-hydrogen) atoms. The van der Waals surface area contributed by atoms with Crippen molar-refractivity contribution < 1.29 is 0 Å². The van der Waals surface area contributed by atoms with Crippen LogP contribution in [0.2, 0.25) is 0 Å². The minimum absolute atomic E-state index is 0.478. The molecule has 0 amide bonds. The standard InChI is InChI=1S/C9H10N2/c1-2-4-9-6-11-7-10-5-8(9)3-1/h1-5,7,9H,6H2,(H,10,11). The lowest BCUT2D eigenvalue weighted by molar-refractivity contribution is 0.790. The van der Waals surface area contributed by atoms with E-state index in [2.05, 4.69) is 34.6 Å². The summed E-state index contributed by atoms with van der Waals surface area (Å²) in [4.78, 5) is 4.18. The lowest BCUT2D eigenvalue weighted by Gasteiger charge is -2.11. The Morgan fingerprint density at radius 1 is 1.45 bits per heavy atom. The molecular formula is C9H10N2. The highest BCUT2D eigenvalue weighted by Gasteiger charge is 2.10. The van der Waals surface area contributed by atoms with E-state index in [0.717, 1.165) is 6.54 Å². The summed E-state index contributed by atoms with van der Waals surface area (Å²) in [6, 6.07) is 0. The molecule has 2 heteroatoms. The van der Waals surface area contributed by atoms with E-state index in [4.69, 9.17) is 0 Å². The SMILES string of the molecule is C1=CC2=CNC=NCC2C=C1. The Hall–Kier alpha value is -1.31. The molecule has 1 atom stereocenters. The first kappa shape index (κ1) is 6.40. The third-order valence-electron chi connectivity index (χ3n) is 1.89. The van der Waals surface area contributed by atoms with Crippen molar-refractivity contribution >= 4 is 6.34 Å². The van der Waals surface area contributed by atoms with Gasteiger partial charge >= 0.3 is 0 Å². The minimum Gasteiger partial charge on any atom is -0.353 e. The molecule has 2 rings (SSSR count). The molecule has 0 aromatic carbocycles. The number of nitrogens with zero attached hydrogens (tertiary/aromatic N) is 1. The van der Waals surface area contributed by atoms with Gasteiger partial charge in [0.05, 0.1) is 12.9 Å². The van der Waals surface area contributed by atoms with Crippen LogP contribution in [-0.2, 0) is 0 Å². The van der Waals surface area contributed by atoms with Gasteiger partial charge in [-0.05, 0) is 5.57 Å². The van der Waals surface area contributed by atoms with Crippen LogP contribution in [0.15, 0.2) is 41.1 Å². The Labute approximate surface area is 66.0 Å². The van der Waals surface area contributed by atoms with Gasteiger partial charge in [0.2, 0.25) is 0 Å². The maximum atomic E-state index is 4.18. The molecule has 0 saturated carbocycles. The highest BCUT2D eigenvalue weighted by Crippen LogP contribution is 2.18. The first-order chi connectivity index (χ1) is 5.47. The van der Waals surface area contributed by atoms with E-state index in [0.29, 0.717) is 5.92 Å². The second kappa shape index (κ2) is 2.74. The van der Waals surface area contributed by atoms with E-state index in [1.54, 1.807) is 6.34 Å². The van der Waals surface area contributed by atoms with E-state index in [9.17, 15) is 0 Å². The van der Waals surface area contributed by atoms with Crippen molar-refractivity contribution in [1.82, 2.24) is 5.32 Å². The Morgan fingerprint density at radius 3 is 3.45 bits per heavy atom. The summed E-state index contributed by atoms with van der Waals surface area (Å²) in [7, 11) is 0. The van der Waals surface area contributed by atoms with E-state index in [-0.39, 0.29) is 0 Å². The normalized spacial score (nSPS) is 26.9. The Balaban J connectivity index is 2.27. The lowest BCUT2D eigenvalue weighted by atomic mass is 9.96. The Kier molecular flexibility index (Phi) is 1.60. The number of hydrogen-bond acceptors (Lipinski definition) is 2. The number of aliphatic imine (C=N–C) groups is 1. The first-order valence-corrected chi connectivity index (χ1v) is 3.76. The van der Waals surface area contributed by atoms with Gasteiger partial charge in [0.25, 0.3) is 0 Å². The van der Waals surface area contributed by atoms with Crippen LogP contribution in [0, 0.1) is 5.92 Å². The predicted octanol–water partition coefficient (Wildman–Crippen LogP) is 1.24. The van der Waals surface area contributed by atoms with Crippen molar-refractivity contribution in [1.29, 1.82) is 0 Å². The van der Waals surface area contributed by atoms with Gasteiger partial charge in [-0.3, -0.25) is 4.99 Å². The molecule has 0 saturated heterocycles. The van der Waals surface area contributed by atoms with Crippen LogP contribution in [0.5, 0.6) is 0 Å². The zero-order chi connectivity index (χ0) is 7.52. The fraction of sp³-hybridized carbons (Fsp3) is 0.222. The Bertz CT molecular complexity index is 259. The largest absolute Gasteiger partial charge is 0.353 e. The van der Waals surface area contributed by atoms with E-state index < -0.39 is 0 Å². The third-order valence-corrected chi connectivity index (χ3v) is 1.89. The highest BCUT2D eigenvalue weighted by atomic mass is 14.9. The zero-order valence-corrected chi connectivity index (χ0v) is 6.20. The molecule has 1 heterocycles. The van der Waals surface area contributed by atoms with Crippen LogP contribution >= 0.6 is 0 Å². The summed E-state index contributed by atoms with van der Waals surface area (Å²) < 4.78 is 0. The van der Waals surface area contributed by atoms with Gasteiger partial charge < -0.3 is 5.32 Å². The van der Waals surface area contributed by atoms with E-state index in [1.807, 2.05) is 6.20 Å². The highest BCUT2D eigenvalue weighted by molar-refractivity contribution is 5.58. The second-order valence-electron chi connectivity index (χ2n) is 2.66. The van der Waals surface area contributed by atoms with Gasteiger partial charge in [-0.1, -0.05) is 24.3 Å². The molecule has 0 fully saturated rings. The summed E-state index contributed by atoms with van der Waals surface area (Å²) in [5.74, 6) is 0.478. The van der Waals surface area contributed by atoms with Crippen LogP contribution in [0.25, 0.3) is 0 Å². The zero-order valence-electron chi connectivity index (χ0n) is 6.20. The van der Waals surface area contributed by atoms with Crippen molar-refractivity contribution in [2.24, 2.45) is 10.9 Å². The predicted molar refractivity (Wildman–Crippen MR) is 46.3 cm³/mol. The Morgan fingerprint density at radius 2 is 2.45 bits per heavy atom. The van der Waals surface area contributed by atoms with E-state index in [1.165, 1.54) is 5.57 Å². The van der Waals surface area contributed by atoms with Crippen LogP contribution < -0.4 is 5.32 Å². The number of hydrogen-bond donors (Lipinski definition) is 1. The van der Waals surface area contributed by atoms with E-state index >= 15 is 0 Å². The molecule has 0 bridgehead atoms. The second-order valence-corrected chi connectivity index (χ2v) is 2.66. The molecular weight excluding hydrogens is 136 g/mol. The molecule has 1 unspecified atom stereocenters. The average molecular weight is 146 g/mol. The van der Waals surface area contributed by atoms with Crippen LogP contribution in [0.4, 0.5) is 0 Å². The van der Waals surface area contributed by atoms with Crippen molar-refractivity contribution in [2.75, 3.05) is 6.54 Å². The molecule has 0 aromatic heterocycles. The van der Waals surface area contributed by atoms with Crippen molar-refractivity contribution in [3.05, 3.63) is 36.1 Å². The number of nitrogens with one attached hydrogen (secondary N) is 1. The number of rotatable bonds is 0. The monoisotopic (exact) mass is 146 g/mol. The van der Waals surface area contributed by atoms with Crippen LogP contribution in [0.3, 0.4) is 0 Å². The van der Waals surface area contributed by atoms with Crippen molar-refractivity contribution in [2.45, 2.75) is 0 Å². The average Bonchev–Trinajstić information content (AvgIpc) is 2.28. The molecule has 1 N–H and O–H groups in total.